The van der Waals surface area contributed by atoms with Gasteiger partial charge in [-0.15, -0.1) is 0 Å². The first kappa shape index (κ1) is 13.3. The highest BCUT2D eigenvalue weighted by atomic mass is 19.4. The first-order valence-electron chi connectivity index (χ1n) is 5.39. The Balaban J connectivity index is 2.65. The molecule has 0 aliphatic carbocycles. The second-order valence-corrected chi connectivity index (χ2v) is 4.36. The van der Waals surface area contributed by atoms with E-state index in [0.29, 0.717) is 19.5 Å². The molecule has 6 heteroatoms. The molecule has 1 rings (SSSR count). The number of halogens is 3. The molecule has 1 unspecified atom stereocenters. The third-order valence-electron chi connectivity index (χ3n) is 2.67. The van der Waals surface area contributed by atoms with E-state index in [-0.39, 0.29) is 5.92 Å². The Morgan fingerprint density at radius 2 is 2.12 bits per heavy atom. The van der Waals surface area contributed by atoms with Gasteiger partial charge in [-0.3, -0.25) is 4.79 Å². The van der Waals surface area contributed by atoms with E-state index in [1.807, 2.05) is 0 Å². The molecule has 94 valence electrons. The van der Waals surface area contributed by atoms with Gasteiger partial charge < -0.3 is 10.2 Å². The number of hydrogen-bond donors (Lipinski definition) is 1. The minimum absolute atomic E-state index is 0.301. The quantitative estimate of drug-likeness (QED) is 0.806. The fraction of sp³-hybridized carbons (Fsp3) is 0.900. The van der Waals surface area contributed by atoms with Crippen LogP contribution < -0.4 is 5.32 Å². The van der Waals surface area contributed by atoms with E-state index < -0.39 is 24.7 Å². The Kier molecular flexibility index (Phi) is 4.18. The molecule has 16 heavy (non-hydrogen) atoms. The summed E-state index contributed by atoms with van der Waals surface area (Å²) in [5, 5.41) is 2.98. The van der Waals surface area contributed by atoms with Gasteiger partial charge >= 0.3 is 6.18 Å². The number of amides is 1. The van der Waals surface area contributed by atoms with E-state index >= 15 is 0 Å². The van der Waals surface area contributed by atoms with Crippen molar-refractivity contribution in [2.45, 2.75) is 32.5 Å². The SMILES string of the molecule is CC(C)N(CC(F)(F)F)C(=O)C1CCNC1. The van der Waals surface area contributed by atoms with E-state index in [2.05, 4.69) is 5.32 Å². The summed E-state index contributed by atoms with van der Waals surface area (Å²) in [4.78, 5) is 12.8. The minimum atomic E-state index is -4.33. The van der Waals surface area contributed by atoms with Crippen LogP contribution in [-0.2, 0) is 4.79 Å². The first-order chi connectivity index (χ1) is 7.31. The van der Waals surface area contributed by atoms with E-state index in [1.54, 1.807) is 13.8 Å². The fourth-order valence-corrected chi connectivity index (χ4v) is 1.81. The van der Waals surface area contributed by atoms with Crippen LogP contribution in [0.25, 0.3) is 0 Å². The minimum Gasteiger partial charge on any atom is -0.331 e. The standard InChI is InChI=1S/C10H17F3N2O/c1-7(2)15(6-10(11,12)13)9(16)8-3-4-14-5-8/h7-8,14H,3-6H2,1-2H3. The van der Waals surface area contributed by atoms with E-state index in [0.717, 1.165) is 4.90 Å². The summed E-state index contributed by atoms with van der Waals surface area (Å²) in [7, 11) is 0. The summed E-state index contributed by atoms with van der Waals surface area (Å²) in [6.07, 6.45) is -3.70. The molecule has 1 amide bonds. The van der Waals surface area contributed by atoms with Crippen LogP contribution in [-0.4, -0.2) is 42.7 Å². The van der Waals surface area contributed by atoms with E-state index in [1.165, 1.54) is 0 Å². The topological polar surface area (TPSA) is 32.3 Å². The van der Waals surface area contributed by atoms with E-state index in [9.17, 15) is 18.0 Å². The fourth-order valence-electron chi connectivity index (χ4n) is 1.81. The molecule has 0 saturated carbocycles. The number of rotatable bonds is 3. The zero-order valence-electron chi connectivity index (χ0n) is 9.47. The number of carbonyl (C=O) groups is 1. The zero-order chi connectivity index (χ0) is 12.3. The predicted octanol–water partition coefficient (Wildman–Crippen LogP) is 1.40. The summed E-state index contributed by atoms with van der Waals surface area (Å²) in [5.41, 5.74) is 0. The summed E-state index contributed by atoms with van der Waals surface area (Å²) < 4.78 is 36.9. The molecule has 1 aliphatic rings. The second kappa shape index (κ2) is 5.03. The van der Waals surface area contributed by atoms with Crippen molar-refractivity contribution in [1.29, 1.82) is 0 Å². The lowest BCUT2D eigenvalue weighted by Gasteiger charge is -2.29. The molecular weight excluding hydrogens is 221 g/mol. The number of nitrogens with zero attached hydrogens (tertiary/aromatic N) is 1. The Morgan fingerprint density at radius 1 is 1.50 bits per heavy atom. The molecule has 0 bridgehead atoms. The molecule has 1 fully saturated rings. The van der Waals surface area contributed by atoms with Crippen molar-refractivity contribution in [2.24, 2.45) is 5.92 Å². The van der Waals surface area contributed by atoms with Crippen molar-refractivity contribution in [1.82, 2.24) is 10.2 Å². The van der Waals surface area contributed by atoms with Gasteiger partial charge in [-0.05, 0) is 26.8 Å². The smallest absolute Gasteiger partial charge is 0.331 e. The highest BCUT2D eigenvalue weighted by molar-refractivity contribution is 5.79. The molecule has 1 saturated heterocycles. The Morgan fingerprint density at radius 3 is 2.50 bits per heavy atom. The van der Waals surface area contributed by atoms with Gasteiger partial charge in [0.15, 0.2) is 0 Å². The van der Waals surface area contributed by atoms with Crippen LogP contribution in [0.1, 0.15) is 20.3 Å². The van der Waals surface area contributed by atoms with Gasteiger partial charge in [0.05, 0.1) is 5.92 Å². The molecule has 0 aromatic carbocycles. The maximum absolute atomic E-state index is 12.3. The lowest BCUT2D eigenvalue weighted by atomic mass is 10.1. The summed E-state index contributed by atoms with van der Waals surface area (Å²) >= 11 is 0. The lowest BCUT2D eigenvalue weighted by molar-refractivity contribution is -0.166. The molecule has 0 aromatic rings. The number of alkyl halides is 3. The van der Waals surface area contributed by atoms with Crippen molar-refractivity contribution in [3.05, 3.63) is 0 Å². The van der Waals surface area contributed by atoms with Crippen molar-refractivity contribution >= 4 is 5.91 Å². The van der Waals surface area contributed by atoms with Gasteiger partial charge in [0.25, 0.3) is 0 Å². The largest absolute Gasteiger partial charge is 0.406 e. The number of carbonyl (C=O) groups excluding carboxylic acids is 1. The van der Waals surface area contributed by atoms with Crippen molar-refractivity contribution in [2.75, 3.05) is 19.6 Å². The van der Waals surface area contributed by atoms with Gasteiger partial charge in [0, 0.05) is 12.6 Å². The van der Waals surface area contributed by atoms with Crippen molar-refractivity contribution in [3.63, 3.8) is 0 Å². The van der Waals surface area contributed by atoms with Crippen LogP contribution in [0, 0.1) is 5.92 Å². The first-order valence-corrected chi connectivity index (χ1v) is 5.39. The van der Waals surface area contributed by atoms with Crippen LogP contribution >= 0.6 is 0 Å². The van der Waals surface area contributed by atoms with Crippen molar-refractivity contribution < 1.29 is 18.0 Å². The normalized spacial score (nSPS) is 21.5. The summed E-state index contributed by atoms with van der Waals surface area (Å²) in [6, 6.07) is -0.422. The third kappa shape index (κ3) is 3.66. The Hall–Kier alpha value is -0.780. The maximum Gasteiger partial charge on any atom is 0.406 e. The predicted molar refractivity (Wildman–Crippen MR) is 53.9 cm³/mol. The zero-order valence-corrected chi connectivity index (χ0v) is 9.47. The monoisotopic (exact) mass is 238 g/mol. The molecular formula is C10H17F3N2O. The summed E-state index contributed by atoms with van der Waals surface area (Å²) in [5.74, 6) is -0.693. The molecule has 1 aliphatic heterocycles. The third-order valence-corrected chi connectivity index (χ3v) is 2.67. The average Bonchev–Trinajstić information content (AvgIpc) is 2.63. The van der Waals surface area contributed by atoms with Gasteiger partial charge in [-0.1, -0.05) is 0 Å². The molecule has 0 radical (unpaired) electrons. The molecule has 1 atom stereocenters. The highest BCUT2D eigenvalue weighted by Gasteiger charge is 2.37. The molecule has 1 heterocycles. The van der Waals surface area contributed by atoms with Gasteiger partial charge in [-0.25, -0.2) is 0 Å². The van der Waals surface area contributed by atoms with Gasteiger partial charge in [0.2, 0.25) is 5.91 Å². The van der Waals surface area contributed by atoms with Gasteiger partial charge in [-0.2, -0.15) is 13.2 Å². The molecule has 3 nitrogen and oxygen atoms in total. The van der Waals surface area contributed by atoms with Crippen molar-refractivity contribution in [3.8, 4) is 0 Å². The number of nitrogens with one attached hydrogen (secondary N) is 1. The van der Waals surface area contributed by atoms with Gasteiger partial charge in [0.1, 0.15) is 6.54 Å². The van der Waals surface area contributed by atoms with Crippen LogP contribution in [0.2, 0.25) is 0 Å². The Bertz CT molecular complexity index is 247. The highest BCUT2D eigenvalue weighted by Crippen LogP contribution is 2.21. The molecule has 1 N–H and O–H groups in total. The molecule has 0 spiro atoms. The second-order valence-electron chi connectivity index (χ2n) is 4.36. The Labute approximate surface area is 93.0 Å². The van der Waals surface area contributed by atoms with Crippen LogP contribution in [0.5, 0.6) is 0 Å². The van der Waals surface area contributed by atoms with Crippen LogP contribution in [0.3, 0.4) is 0 Å². The maximum atomic E-state index is 12.3. The van der Waals surface area contributed by atoms with Crippen LogP contribution in [0.15, 0.2) is 0 Å². The average molecular weight is 238 g/mol. The van der Waals surface area contributed by atoms with E-state index in [4.69, 9.17) is 0 Å². The lowest BCUT2D eigenvalue weighted by Crippen LogP contribution is -2.46. The molecule has 0 aromatic heterocycles. The number of hydrogen-bond acceptors (Lipinski definition) is 2. The van der Waals surface area contributed by atoms with Crippen LogP contribution in [0.4, 0.5) is 13.2 Å². The summed E-state index contributed by atoms with van der Waals surface area (Å²) in [6.45, 7) is 3.24.